The molecule has 3 aromatic carbocycles. The molecule has 3 aromatic rings. The minimum absolute atomic E-state index is 0.0205. The van der Waals surface area contributed by atoms with Gasteiger partial charge in [0.2, 0.25) is 17.4 Å². The zero-order valence-corrected chi connectivity index (χ0v) is 31.5. The third kappa shape index (κ3) is 13.3. The van der Waals surface area contributed by atoms with Crippen LogP contribution in [0.3, 0.4) is 0 Å². The molecule has 0 aromatic heterocycles. The molecule has 1 unspecified atom stereocenters. The van der Waals surface area contributed by atoms with Crippen LogP contribution in [-0.2, 0) is 48.1 Å². The molecule has 0 aliphatic heterocycles. The number of likely N-dealkylation sites (N-methyl/N-ethyl adjacent to an activating group) is 1. The molecule has 0 bridgehead atoms. The summed E-state index contributed by atoms with van der Waals surface area (Å²) in [5.41, 5.74) is 5.95. The molecule has 300 valence electrons. The zero-order valence-electron chi connectivity index (χ0n) is 31.5. The van der Waals surface area contributed by atoms with Crippen LogP contribution in [0.2, 0.25) is 0 Å². The minimum atomic E-state index is -5.47. The minimum Gasteiger partial charge on any atom is -0.459 e. The van der Waals surface area contributed by atoms with Gasteiger partial charge in [-0.1, -0.05) is 96.1 Å². The highest BCUT2D eigenvalue weighted by Crippen LogP contribution is 2.39. The molecule has 3 rings (SSSR count). The molecular formula is C39H46F3N7O7. The van der Waals surface area contributed by atoms with E-state index in [1.165, 1.54) is 24.3 Å². The number of hydrogen-bond acceptors (Lipinski definition) is 8. The number of carbonyl (C=O) groups excluding carboxylic acids is 5. The first-order chi connectivity index (χ1) is 26.5. The maximum atomic E-state index is 15.7. The van der Waals surface area contributed by atoms with E-state index >= 15 is 13.2 Å². The van der Waals surface area contributed by atoms with Gasteiger partial charge >= 0.3 is 18.2 Å². The van der Waals surface area contributed by atoms with E-state index in [4.69, 9.17) is 9.47 Å². The summed E-state index contributed by atoms with van der Waals surface area (Å²) in [6.45, 7) is 3.98. The van der Waals surface area contributed by atoms with E-state index in [9.17, 15) is 29.5 Å². The van der Waals surface area contributed by atoms with Gasteiger partial charge in [-0.3, -0.25) is 19.2 Å². The number of amides is 4. The largest absolute Gasteiger partial charge is 0.459 e. The van der Waals surface area contributed by atoms with Gasteiger partial charge < -0.3 is 30.3 Å². The van der Waals surface area contributed by atoms with Gasteiger partial charge in [-0.05, 0) is 62.3 Å². The summed E-state index contributed by atoms with van der Waals surface area (Å²) >= 11 is 0. The van der Waals surface area contributed by atoms with Gasteiger partial charge in [-0.2, -0.15) is 13.2 Å². The Bertz CT molecular complexity index is 1820. The number of alkyl carbamates (subject to hydrolysis) is 1. The topological polar surface area (TPSA) is 192 Å². The van der Waals surface area contributed by atoms with E-state index in [0.29, 0.717) is 5.56 Å². The van der Waals surface area contributed by atoms with Crippen LogP contribution in [0.4, 0.5) is 18.0 Å². The lowest BCUT2D eigenvalue weighted by Gasteiger charge is -2.43. The van der Waals surface area contributed by atoms with Crippen molar-refractivity contribution >= 4 is 29.8 Å². The summed E-state index contributed by atoms with van der Waals surface area (Å²) in [6, 6.07) is 20.8. The van der Waals surface area contributed by atoms with E-state index < -0.39 is 72.1 Å². The zero-order chi connectivity index (χ0) is 41.4. The standard InChI is InChI=1S/C39H46F3N7O7/c1-37(2,3)56-32(50)25-45-33(51)30(21-14-22-44-36(54)55-26-29-19-12-7-13-20-29)46-35(53)38(39(40,41)42,24-28-17-10-6-11-18-28)49(4)34(52)31(47-48-43)23-27-15-8-5-9-16-27/h5-13,15-20,30-31H,14,21-26H2,1-4H3,(H,44,54)(H,45,51)(H,46,53)/t30-,31+,38?/m1/s1. The fourth-order valence-electron chi connectivity index (χ4n) is 5.63. The smallest absolute Gasteiger partial charge is 0.421 e. The van der Waals surface area contributed by atoms with Crippen molar-refractivity contribution in [3.63, 3.8) is 0 Å². The summed E-state index contributed by atoms with van der Waals surface area (Å²) < 4.78 is 57.4. The normalized spacial score (nSPS) is 13.4. The van der Waals surface area contributed by atoms with Crippen molar-refractivity contribution < 1.29 is 46.6 Å². The molecule has 4 amide bonds. The predicted molar refractivity (Wildman–Crippen MR) is 199 cm³/mol. The van der Waals surface area contributed by atoms with Gasteiger partial charge in [-0.25, -0.2) is 4.79 Å². The number of ether oxygens (including phenoxy) is 2. The predicted octanol–water partition coefficient (Wildman–Crippen LogP) is 5.56. The summed E-state index contributed by atoms with van der Waals surface area (Å²) in [5, 5.41) is 10.5. The average Bonchev–Trinajstić information content (AvgIpc) is 3.15. The lowest BCUT2D eigenvalue weighted by Crippen LogP contribution is -2.71. The Morgan fingerprint density at radius 2 is 1.39 bits per heavy atom. The molecule has 3 N–H and O–H groups in total. The molecule has 0 aliphatic carbocycles. The number of halogens is 3. The number of benzene rings is 3. The second-order valence-corrected chi connectivity index (χ2v) is 13.8. The van der Waals surface area contributed by atoms with Crippen LogP contribution in [-0.4, -0.2) is 84.2 Å². The molecular weight excluding hydrogens is 735 g/mol. The lowest BCUT2D eigenvalue weighted by atomic mass is 9.85. The first-order valence-electron chi connectivity index (χ1n) is 17.7. The molecule has 0 spiro atoms. The quantitative estimate of drug-likeness (QED) is 0.0495. The van der Waals surface area contributed by atoms with Gasteiger partial charge in [-0.15, -0.1) is 0 Å². The molecule has 56 heavy (non-hydrogen) atoms. The van der Waals surface area contributed by atoms with E-state index in [0.717, 1.165) is 12.6 Å². The Hall–Kier alpha value is -6.09. The van der Waals surface area contributed by atoms with Crippen LogP contribution < -0.4 is 16.0 Å². The Labute approximate surface area is 322 Å². The molecule has 3 atom stereocenters. The average molecular weight is 782 g/mol. The van der Waals surface area contributed by atoms with Crippen molar-refractivity contribution in [1.29, 1.82) is 0 Å². The Kier molecular flexibility index (Phi) is 16.3. The molecule has 0 saturated heterocycles. The number of azide groups is 1. The van der Waals surface area contributed by atoms with Crippen LogP contribution in [0.25, 0.3) is 10.4 Å². The van der Waals surface area contributed by atoms with Crippen molar-refractivity contribution in [1.82, 2.24) is 20.9 Å². The van der Waals surface area contributed by atoms with E-state index in [1.54, 1.807) is 87.5 Å². The molecule has 0 heterocycles. The maximum absolute atomic E-state index is 15.7. The lowest BCUT2D eigenvalue weighted by molar-refractivity contribution is -0.226. The second kappa shape index (κ2) is 20.6. The Morgan fingerprint density at radius 1 is 0.839 bits per heavy atom. The van der Waals surface area contributed by atoms with E-state index in [2.05, 4.69) is 26.0 Å². The molecule has 0 fully saturated rings. The maximum Gasteiger partial charge on any atom is 0.421 e. The Balaban J connectivity index is 1.94. The number of nitrogens with one attached hydrogen (secondary N) is 3. The van der Waals surface area contributed by atoms with Crippen molar-refractivity contribution in [3.8, 4) is 0 Å². The van der Waals surface area contributed by atoms with E-state index in [-0.39, 0.29) is 42.9 Å². The van der Waals surface area contributed by atoms with Crippen LogP contribution in [0.15, 0.2) is 96.1 Å². The monoisotopic (exact) mass is 781 g/mol. The summed E-state index contributed by atoms with van der Waals surface area (Å²) in [7, 11) is 0.784. The summed E-state index contributed by atoms with van der Waals surface area (Å²) in [5.74, 6) is -4.95. The highest BCUT2D eigenvalue weighted by Gasteiger charge is 2.65. The van der Waals surface area contributed by atoms with Crippen molar-refractivity contribution in [2.24, 2.45) is 5.11 Å². The van der Waals surface area contributed by atoms with Crippen LogP contribution in [0, 0.1) is 0 Å². The molecule has 0 saturated carbocycles. The fourth-order valence-corrected chi connectivity index (χ4v) is 5.63. The highest BCUT2D eigenvalue weighted by atomic mass is 19.4. The fraction of sp³-hybridized carbons (Fsp3) is 0.410. The number of alkyl halides is 3. The summed E-state index contributed by atoms with van der Waals surface area (Å²) in [4.78, 5) is 69.4. The SMILES string of the molecule is CN(C(=O)[C@H](Cc1ccccc1)N=[N+]=[N-])C(Cc1ccccc1)(C(=O)N[C@H](CCCNC(=O)OCc1ccccc1)C(=O)NCC(=O)OC(C)(C)C)C(F)(F)F. The number of rotatable bonds is 18. The molecule has 0 aliphatic rings. The van der Waals surface area contributed by atoms with Crippen molar-refractivity contribution in [2.45, 2.75) is 82.5 Å². The first kappa shape index (κ1) is 44.3. The van der Waals surface area contributed by atoms with E-state index in [1.807, 2.05) is 0 Å². The van der Waals surface area contributed by atoms with Crippen molar-refractivity contribution in [2.75, 3.05) is 20.1 Å². The summed E-state index contributed by atoms with van der Waals surface area (Å²) in [6.07, 6.45) is -7.99. The molecule has 17 heteroatoms. The van der Waals surface area contributed by atoms with Gasteiger partial charge in [0, 0.05) is 24.9 Å². The van der Waals surface area contributed by atoms with Gasteiger partial charge in [0.15, 0.2) is 0 Å². The van der Waals surface area contributed by atoms with Gasteiger partial charge in [0.05, 0.1) is 0 Å². The molecule has 14 nitrogen and oxygen atoms in total. The first-order valence-corrected chi connectivity index (χ1v) is 17.7. The number of hydrogen-bond donors (Lipinski definition) is 3. The van der Waals surface area contributed by atoms with Crippen LogP contribution in [0.1, 0.15) is 50.3 Å². The van der Waals surface area contributed by atoms with Crippen molar-refractivity contribution in [3.05, 3.63) is 118 Å². The second-order valence-electron chi connectivity index (χ2n) is 13.8. The third-order valence-electron chi connectivity index (χ3n) is 8.40. The van der Waals surface area contributed by atoms with Crippen LogP contribution in [0.5, 0.6) is 0 Å². The third-order valence-corrected chi connectivity index (χ3v) is 8.40. The highest BCUT2D eigenvalue weighted by molar-refractivity contribution is 5.97. The van der Waals surface area contributed by atoms with Crippen LogP contribution >= 0.6 is 0 Å². The number of nitrogens with zero attached hydrogens (tertiary/aromatic N) is 4. The number of esters is 1. The number of carbonyl (C=O) groups is 5. The van der Waals surface area contributed by atoms with Gasteiger partial charge in [0.25, 0.3) is 5.91 Å². The van der Waals surface area contributed by atoms with Gasteiger partial charge in [0.1, 0.15) is 30.8 Å². The molecule has 0 radical (unpaired) electrons. The Morgan fingerprint density at radius 3 is 1.93 bits per heavy atom.